The van der Waals surface area contributed by atoms with E-state index >= 15 is 0 Å². The zero-order valence-electron chi connectivity index (χ0n) is 14.4. The van der Waals surface area contributed by atoms with E-state index in [1.54, 1.807) is 33.3 Å². The van der Waals surface area contributed by atoms with Crippen molar-refractivity contribution in [2.24, 2.45) is 0 Å². The lowest BCUT2D eigenvalue weighted by Gasteiger charge is -2.26. The van der Waals surface area contributed by atoms with E-state index in [1.807, 2.05) is 13.0 Å². The van der Waals surface area contributed by atoms with Gasteiger partial charge in [0.1, 0.15) is 17.0 Å². The first-order chi connectivity index (χ1) is 10.9. The third-order valence-corrected chi connectivity index (χ3v) is 3.87. The van der Waals surface area contributed by atoms with Gasteiger partial charge in [0, 0.05) is 6.42 Å². The molecule has 1 rings (SSSR count). The summed E-state index contributed by atoms with van der Waals surface area (Å²) in [5.41, 5.74) is -0.136. The molecule has 0 aliphatic heterocycles. The Bertz CT molecular complexity index is 558. The Morgan fingerprint density at radius 1 is 1.17 bits per heavy atom. The maximum atomic E-state index is 12.2. The van der Waals surface area contributed by atoms with Gasteiger partial charge >= 0.3 is 5.97 Å². The fourth-order valence-electron chi connectivity index (χ4n) is 2.20. The van der Waals surface area contributed by atoms with Crippen molar-refractivity contribution in [1.82, 2.24) is 5.32 Å². The van der Waals surface area contributed by atoms with Gasteiger partial charge in [-0.3, -0.25) is 4.79 Å². The highest BCUT2D eigenvalue weighted by Gasteiger charge is 2.33. The summed E-state index contributed by atoms with van der Waals surface area (Å²) in [7, 11) is 4.47. The van der Waals surface area contributed by atoms with Crippen LogP contribution >= 0.6 is 0 Å². The summed E-state index contributed by atoms with van der Waals surface area (Å²) in [4.78, 5) is 24.0. The highest BCUT2D eigenvalue weighted by atomic mass is 16.5. The predicted octanol–water partition coefficient (Wildman–Crippen LogP) is 2.09. The molecule has 0 heterocycles. The summed E-state index contributed by atoms with van der Waals surface area (Å²) in [6, 6.07) is 5.44. The van der Waals surface area contributed by atoms with Gasteiger partial charge in [-0.15, -0.1) is 0 Å². The molecule has 1 amide bonds. The van der Waals surface area contributed by atoms with Crippen LogP contribution in [-0.4, -0.2) is 38.7 Å². The van der Waals surface area contributed by atoms with E-state index < -0.39 is 11.5 Å². The molecule has 1 aromatic carbocycles. The maximum absolute atomic E-state index is 12.2. The first-order valence-corrected chi connectivity index (χ1v) is 7.50. The number of carbonyl (C=O) groups is 2. The molecule has 0 saturated heterocycles. The molecule has 0 saturated carbocycles. The van der Waals surface area contributed by atoms with Crippen molar-refractivity contribution in [3.63, 3.8) is 0 Å². The quantitative estimate of drug-likeness (QED) is 0.742. The number of amides is 1. The predicted molar refractivity (Wildman–Crippen MR) is 86.7 cm³/mol. The second-order valence-corrected chi connectivity index (χ2v) is 5.40. The van der Waals surface area contributed by atoms with Crippen LogP contribution in [0.4, 0.5) is 0 Å². The zero-order valence-corrected chi connectivity index (χ0v) is 14.4. The smallest absolute Gasteiger partial charge is 0.331 e. The second kappa shape index (κ2) is 8.41. The van der Waals surface area contributed by atoms with Gasteiger partial charge in [0.05, 0.1) is 21.3 Å². The van der Waals surface area contributed by atoms with E-state index in [-0.39, 0.29) is 12.3 Å². The van der Waals surface area contributed by atoms with Gasteiger partial charge in [0.2, 0.25) is 5.91 Å². The number of esters is 1. The number of carbonyl (C=O) groups excluding carboxylic acids is 2. The number of hydrogen-bond acceptors (Lipinski definition) is 5. The van der Waals surface area contributed by atoms with Crippen molar-refractivity contribution in [3.05, 3.63) is 23.8 Å². The van der Waals surface area contributed by atoms with E-state index in [9.17, 15) is 9.59 Å². The number of aryl methyl sites for hydroxylation is 1. The third-order valence-electron chi connectivity index (χ3n) is 3.87. The topological polar surface area (TPSA) is 73.9 Å². The summed E-state index contributed by atoms with van der Waals surface area (Å²) >= 11 is 0. The summed E-state index contributed by atoms with van der Waals surface area (Å²) in [6.45, 7) is 3.48. The summed E-state index contributed by atoms with van der Waals surface area (Å²) in [6.07, 6.45) is 1.16. The Hall–Kier alpha value is -2.24. The van der Waals surface area contributed by atoms with Gasteiger partial charge in [-0.2, -0.15) is 0 Å². The number of ether oxygens (including phenoxy) is 3. The van der Waals surface area contributed by atoms with Gasteiger partial charge in [0.25, 0.3) is 0 Å². The molecule has 0 radical (unpaired) electrons. The Balaban J connectivity index is 2.74. The molecule has 128 valence electrons. The number of benzene rings is 1. The van der Waals surface area contributed by atoms with Crippen molar-refractivity contribution in [2.45, 2.75) is 38.6 Å². The molecule has 0 fully saturated rings. The Kier molecular flexibility index (Phi) is 6.88. The fraction of sp³-hybridized carbons (Fsp3) is 0.529. The molecule has 1 N–H and O–H groups in total. The van der Waals surface area contributed by atoms with Crippen molar-refractivity contribution < 1.29 is 23.8 Å². The molecule has 1 atom stereocenters. The van der Waals surface area contributed by atoms with Gasteiger partial charge in [-0.05, 0) is 43.5 Å². The molecule has 0 aliphatic carbocycles. The summed E-state index contributed by atoms with van der Waals surface area (Å²) in [5, 5.41) is 2.74. The summed E-state index contributed by atoms with van der Waals surface area (Å²) < 4.78 is 15.2. The second-order valence-electron chi connectivity index (χ2n) is 5.40. The lowest BCUT2D eigenvalue weighted by molar-refractivity contribution is -0.150. The Morgan fingerprint density at radius 3 is 2.39 bits per heavy atom. The molecule has 0 aromatic heterocycles. The molecule has 6 heteroatoms. The molecule has 6 nitrogen and oxygen atoms in total. The molecule has 0 aliphatic rings. The van der Waals surface area contributed by atoms with Crippen LogP contribution in [0.1, 0.15) is 32.3 Å². The SMILES string of the molecule is CC[C@@](C)(NC(=O)CCc1cc(OC)ccc1OC)C(=O)OC. The van der Waals surface area contributed by atoms with Gasteiger partial charge < -0.3 is 19.5 Å². The van der Waals surface area contributed by atoms with E-state index in [2.05, 4.69) is 5.32 Å². The van der Waals surface area contributed by atoms with Gasteiger partial charge in [-0.25, -0.2) is 4.79 Å². The molecular weight excluding hydrogens is 298 g/mol. The first kappa shape index (κ1) is 18.8. The van der Waals surface area contributed by atoms with Crippen LogP contribution < -0.4 is 14.8 Å². The lowest BCUT2D eigenvalue weighted by atomic mass is 9.98. The van der Waals surface area contributed by atoms with E-state index in [0.29, 0.717) is 24.3 Å². The molecule has 23 heavy (non-hydrogen) atoms. The maximum Gasteiger partial charge on any atom is 0.331 e. The van der Waals surface area contributed by atoms with E-state index in [1.165, 1.54) is 7.11 Å². The van der Waals surface area contributed by atoms with Crippen molar-refractivity contribution in [2.75, 3.05) is 21.3 Å². The first-order valence-electron chi connectivity index (χ1n) is 7.50. The van der Waals surface area contributed by atoms with Gasteiger partial charge in [0.15, 0.2) is 0 Å². The van der Waals surface area contributed by atoms with Crippen LogP contribution in [0.25, 0.3) is 0 Å². The molecule has 1 aromatic rings. The average Bonchev–Trinajstić information content (AvgIpc) is 2.58. The van der Waals surface area contributed by atoms with Crippen molar-refractivity contribution in [1.29, 1.82) is 0 Å². The molecular formula is C17H25NO5. The molecule has 0 unspecified atom stereocenters. The normalized spacial score (nSPS) is 12.9. The van der Waals surface area contributed by atoms with Gasteiger partial charge in [-0.1, -0.05) is 6.92 Å². The standard InChI is InChI=1S/C17H25NO5/c1-6-17(2,16(20)23-5)18-15(19)10-7-12-11-13(21-3)8-9-14(12)22-4/h8-9,11H,6-7,10H2,1-5H3,(H,18,19)/t17-/m1/s1. The fourth-order valence-corrected chi connectivity index (χ4v) is 2.20. The number of nitrogens with one attached hydrogen (secondary N) is 1. The minimum atomic E-state index is -1.01. The minimum Gasteiger partial charge on any atom is -0.497 e. The molecule has 0 bridgehead atoms. The minimum absolute atomic E-state index is 0.218. The number of rotatable bonds is 8. The third kappa shape index (κ3) is 4.87. The zero-order chi connectivity index (χ0) is 17.5. The average molecular weight is 323 g/mol. The van der Waals surface area contributed by atoms with Crippen LogP contribution in [0, 0.1) is 0 Å². The largest absolute Gasteiger partial charge is 0.497 e. The van der Waals surface area contributed by atoms with Crippen LogP contribution in [0.2, 0.25) is 0 Å². The van der Waals surface area contributed by atoms with E-state index in [0.717, 1.165) is 5.56 Å². The summed E-state index contributed by atoms with van der Waals surface area (Å²) in [5.74, 6) is 0.732. The molecule has 0 spiro atoms. The highest BCUT2D eigenvalue weighted by molar-refractivity contribution is 5.87. The monoisotopic (exact) mass is 323 g/mol. The van der Waals surface area contributed by atoms with E-state index in [4.69, 9.17) is 14.2 Å². The van der Waals surface area contributed by atoms with Crippen LogP contribution in [-0.2, 0) is 20.7 Å². The highest BCUT2D eigenvalue weighted by Crippen LogP contribution is 2.25. The van der Waals surface area contributed by atoms with Crippen LogP contribution in [0.15, 0.2) is 18.2 Å². The Morgan fingerprint density at radius 2 is 1.87 bits per heavy atom. The number of hydrogen-bond donors (Lipinski definition) is 1. The van der Waals surface area contributed by atoms with Crippen LogP contribution in [0.3, 0.4) is 0 Å². The Labute approximate surface area is 137 Å². The van der Waals surface area contributed by atoms with Crippen LogP contribution in [0.5, 0.6) is 11.5 Å². The van der Waals surface area contributed by atoms with Crippen molar-refractivity contribution >= 4 is 11.9 Å². The number of methoxy groups -OCH3 is 3. The lowest BCUT2D eigenvalue weighted by Crippen LogP contribution is -2.52. The van der Waals surface area contributed by atoms with Crippen molar-refractivity contribution in [3.8, 4) is 11.5 Å².